The Balaban J connectivity index is 2.07. The van der Waals surface area contributed by atoms with Crippen LogP contribution in [0.3, 0.4) is 0 Å². The second-order valence-corrected chi connectivity index (χ2v) is 4.65. The smallest absolute Gasteiger partial charge is 0.0983 e. The maximum absolute atomic E-state index is 5.63. The monoisotopic (exact) mass is 256 g/mol. The van der Waals surface area contributed by atoms with Gasteiger partial charge in [-0.3, -0.25) is 5.84 Å². The predicted octanol–water partition coefficient (Wildman–Crippen LogP) is 2.24. The average molecular weight is 256 g/mol. The first kappa shape index (κ1) is 11.3. The molecule has 90 valence electrons. The van der Waals surface area contributed by atoms with E-state index in [0.717, 1.165) is 11.3 Å². The highest BCUT2D eigenvalue weighted by Crippen LogP contribution is 2.24. The first-order valence-corrected chi connectivity index (χ1v) is 6.44. The maximum atomic E-state index is 5.63. The highest BCUT2D eigenvalue weighted by atomic mass is 32.1. The highest BCUT2D eigenvalue weighted by Gasteiger charge is 2.15. The Morgan fingerprint density at radius 3 is 2.67 bits per heavy atom. The fourth-order valence-corrected chi connectivity index (χ4v) is 2.52. The molecule has 0 bridgehead atoms. The summed E-state index contributed by atoms with van der Waals surface area (Å²) >= 11 is 1.32. The molecule has 3 N–H and O–H groups in total. The van der Waals surface area contributed by atoms with Crippen LogP contribution in [0.1, 0.15) is 17.3 Å². The third-order valence-electron chi connectivity index (χ3n) is 2.95. The topological polar surface area (TPSA) is 63.8 Å². The van der Waals surface area contributed by atoms with Crippen LogP contribution in [0.4, 0.5) is 0 Å². The summed E-state index contributed by atoms with van der Waals surface area (Å²) < 4.78 is 3.87. The first-order chi connectivity index (χ1) is 8.88. The number of hydrogen-bond acceptors (Lipinski definition) is 5. The van der Waals surface area contributed by atoms with Crippen LogP contribution in [-0.4, -0.2) is 9.59 Å². The number of aromatic nitrogens is 2. The van der Waals surface area contributed by atoms with E-state index in [2.05, 4.69) is 45.3 Å². The van der Waals surface area contributed by atoms with Crippen molar-refractivity contribution in [2.45, 2.75) is 6.04 Å². The number of fused-ring (bicyclic) bond motifs is 1. The lowest BCUT2D eigenvalue weighted by atomic mass is 10.0. The zero-order valence-corrected chi connectivity index (χ0v) is 10.4. The van der Waals surface area contributed by atoms with Crippen LogP contribution in [0.15, 0.2) is 47.8 Å². The molecule has 0 fully saturated rings. The molecule has 0 spiro atoms. The summed E-state index contributed by atoms with van der Waals surface area (Å²) in [5.74, 6) is 5.63. The predicted molar refractivity (Wildman–Crippen MR) is 73.0 cm³/mol. The molecule has 5 heteroatoms. The molecule has 0 amide bonds. The van der Waals surface area contributed by atoms with Crippen molar-refractivity contribution in [1.82, 2.24) is 15.0 Å². The Kier molecular flexibility index (Phi) is 3.02. The minimum absolute atomic E-state index is 0.117. The minimum atomic E-state index is -0.117. The number of rotatable bonds is 3. The lowest BCUT2D eigenvalue weighted by molar-refractivity contribution is 0.619. The second kappa shape index (κ2) is 4.81. The molecule has 1 unspecified atom stereocenters. The van der Waals surface area contributed by atoms with Gasteiger partial charge in [0.25, 0.3) is 0 Å². The van der Waals surface area contributed by atoms with Gasteiger partial charge >= 0.3 is 0 Å². The quantitative estimate of drug-likeness (QED) is 0.557. The molecule has 2 aromatic carbocycles. The van der Waals surface area contributed by atoms with Crippen molar-refractivity contribution in [1.29, 1.82) is 0 Å². The molecule has 0 aliphatic carbocycles. The second-order valence-electron chi connectivity index (χ2n) is 4.04. The molecule has 0 saturated heterocycles. The zero-order valence-electron chi connectivity index (χ0n) is 9.58. The summed E-state index contributed by atoms with van der Waals surface area (Å²) in [6.45, 7) is 0. The van der Waals surface area contributed by atoms with Gasteiger partial charge in [-0.05, 0) is 33.9 Å². The van der Waals surface area contributed by atoms with Gasteiger partial charge in [-0.15, -0.1) is 5.10 Å². The molecule has 3 aromatic rings. The van der Waals surface area contributed by atoms with E-state index < -0.39 is 0 Å². The molecule has 1 heterocycles. The number of nitrogens with two attached hydrogens (primary N) is 1. The van der Waals surface area contributed by atoms with Crippen molar-refractivity contribution in [3.63, 3.8) is 0 Å². The van der Waals surface area contributed by atoms with Crippen molar-refractivity contribution in [2.24, 2.45) is 5.84 Å². The van der Waals surface area contributed by atoms with Crippen LogP contribution < -0.4 is 11.3 Å². The van der Waals surface area contributed by atoms with Crippen molar-refractivity contribution in [3.05, 3.63) is 59.1 Å². The van der Waals surface area contributed by atoms with Gasteiger partial charge in [-0.2, -0.15) is 0 Å². The van der Waals surface area contributed by atoms with Gasteiger partial charge in [0.1, 0.15) is 0 Å². The van der Waals surface area contributed by atoms with E-state index in [4.69, 9.17) is 5.84 Å². The molecule has 4 nitrogen and oxygen atoms in total. The van der Waals surface area contributed by atoms with Crippen molar-refractivity contribution in [2.75, 3.05) is 0 Å². The third kappa shape index (κ3) is 1.99. The van der Waals surface area contributed by atoms with Crippen LogP contribution in [0, 0.1) is 0 Å². The fraction of sp³-hybridized carbons (Fsp3) is 0.0769. The summed E-state index contributed by atoms with van der Waals surface area (Å²) in [6, 6.07) is 14.4. The lowest BCUT2D eigenvalue weighted by Crippen LogP contribution is -2.29. The Bertz CT molecular complexity index is 651. The first-order valence-electron chi connectivity index (χ1n) is 5.60. The molecule has 0 aliphatic rings. The highest BCUT2D eigenvalue weighted by molar-refractivity contribution is 7.03. The van der Waals surface area contributed by atoms with Crippen LogP contribution in [0.2, 0.25) is 0 Å². The Morgan fingerprint density at radius 1 is 1.11 bits per heavy atom. The van der Waals surface area contributed by atoms with E-state index in [1.54, 1.807) is 0 Å². The molecule has 0 aliphatic heterocycles. The van der Waals surface area contributed by atoms with Gasteiger partial charge in [0.2, 0.25) is 0 Å². The third-order valence-corrected chi connectivity index (χ3v) is 3.47. The summed E-state index contributed by atoms with van der Waals surface area (Å²) in [7, 11) is 0. The number of benzene rings is 2. The standard InChI is InChI=1S/C13H12N4S/c14-15-13(12-8-18-17-16-12)11-6-5-9-3-1-2-4-10(9)7-11/h1-8,13,15H,14H2. The minimum Gasteiger partial charge on any atom is -0.271 e. The van der Waals surface area contributed by atoms with Crippen molar-refractivity contribution in [3.8, 4) is 0 Å². The fourth-order valence-electron chi connectivity index (χ4n) is 2.04. The van der Waals surface area contributed by atoms with Crippen LogP contribution in [-0.2, 0) is 0 Å². The normalized spacial score (nSPS) is 12.7. The van der Waals surface area contributed by atoms with Gasteiger partial charge in [0, 0.05) is 5.38 Å². The lowest BCUT2D eigenvalue weighted by Gasteiger charge is -2.14. The van der Waals surface area contributed by atoms with Gasteiger partial charge in [0.05, 0.1) is 11.7 Å². The number of hydrazine groups is 1. The SMILES string of the molecule is NNC(c1ccc2ccccc2c1)c1csnn1. The van der Waals surface area contributed by atoms with Gasteiger partial charge in [-0.25, -0.2) is 5.43 Å². The van der Waals surface area contributed by atoms with Gasteiger partial charge < -0.3 is 0 Å². The molecule has 1 aromatic heterocycles. The summed E-state index contributed by atoms with van der Waals surface area (Å²) in [4.78, 5) is 0. The Hall–Kier alpha value is -1.82. The Morgan fingerprint density at radius 2 is 1.94 bits per heavy atom. The number of hydrogen-bond donors (Lipinski definition) is 2. The Labute approximate surface area is 109 Å². The maximum Gasteiger partial charge on any atom is 0.0983 e. The van der Waals surface area contributed by atoms with Crippen molar-refractivity contribution >= 4 is 22.3 Å². The van der Waals surface area contributed by atoms with Crippen LogP contribution >= 0.6 is 11.5 Å². The van der Waals surface area contributed by atoms with Crippen LogP contribution in [0.5, 0.6) is 0 Å². The van der Waals surface area contributed by atoms with E-state index in [0.29, 0.717) is 0 Å². The molecule has 0 radical (unpaired) electrons. The van der Waals surface area contributed by atoms with E-state index in [-0.39, 0.29) is 6.04 Å². The number of nitrogens with zero attached hydrogens (tertiary/aromatic N) is 2. The summed E-state index contributed by atoms with van der Waals surface area (Å²) in [5, 5.41) is 8.38. The van der Waals surface area contributed by atoms with Gasteiger partial charge in [-0.1, -0.05) is 40.9 Å². The van der Waals surface area contributed by atoms with E-state index >= 15 is 0 Å². The number of nitrogens with one attached hydrogen (secondary N) is 1. The summed E-state index contributed by atoms with van der Waals surface area (Å²) in [6.07, 6.45) is 0. The molecule has 18 heavy (non-hydrogen) atoms. The zero-order chi connectivity index (χ0) is 12.4. The van der Waals surface area contributed by atoms with Gasteiger partial charge in [0.15, 0.2) is 0 Å². The molecular weight excluding hydrogens is 244 g/mol. The van der Waals surface area contributed by atoms with E-state index in [1.165, 1.54) is 22.3 Å². The molecular formula is C13H12N4S. The molecule has 1 atom stereocenters. The van der Waals surface area contributed by atoms with Crippen molar-refractivity contribution < 1.29 is 0 Å². The molecule has 3 rings (SSSR count). The molecule has 0 saturated carbocycles. The van der Waals surface area contributed by atoms with E-state index in [9.17, 15) is 0 Å². The van der Waals surface area contributed by atoms with Crippen LogP contribution in [0.25, 0.3) is 10.8 Å². The summed E-state index contributed by atoms with van der Waals surface area (Å²) in [5.41, 5.74) is 4.72. The average Bonchev–Trinajstić information content (AvgIpc) is 2.93. The van der Waals surface area contributed by atoms with E-state index in [1.807, 2.05) is 17.5 Å². The largest absolute Gasteiger partial charge is 0.271 e.